The lowest BCUT2D eigenvalue weighted by Gasteiger charge is -2.10. The highest BCUT2D eigenvalue weighted by atomic mass is 79.9. The van der Waals surface area contributed by atoms with E-state index in [4.69, 9.17) is 9.47 Å². The lowest BCUT2D eigenvalue weighted by atomic mass is 10.2. The minimum atomic E-state index is -0.250. The monoisotopic (exact) mass is 336 g/mol. The third kappa shape index (κ3) is 3.08. The van der Waals surface area contributed by atoms with Gasteiger partial charge in [-0.2, -0.15) is 0 Å². The fourth-order valence-corrected chi connectivity index (χ4v) is 2.00. The van der Waals surface area contributed by atoms with Gasteiger partial charge in [-0.25, -0.2) is 4.98 Å². The molecule has 0 fully saturated rings. The molecule has 0 saturated carbocycles. The number of nitrogens with one attached hydrogen (secondary N) is 1. The van der Waals surface area contributed by atoms with E-state index < -0.39 is 0 Å². The summed E-state index contributed by atoms with van der Waals surface area (Å²) in [5, 5.41) is 2.77. The van der Waals surface area contributed by atoms with Crippen LogP contribution in [0.25, 0.3) is 0 Å². The largest absolute Gasteiger partial charge is 0.493 e. The summed E-state index contributed by atoms with van der Waals surface area (Å²) in [7, 11) is 3.07. The average molecular weight is 337 g/mol. The van der Waals surface area contributed by atoms with Gasteiger partial charge in [0.1, 0.15) is 4.60 Å². The Labute approximate surface area is 125 Å². The molecule has 1 N–H and O–H groups in total. The van der Waals surface area contributed by atoms with Crippen molar-refractivity contribution >= 4 is 27.5 Å². The van der Waals surface area contributed by atoms with Crippen molar-refractivity contribution < 1.29 is 14.3 Å². The second-order valence-electron chi connectivity index (χ2n) is 3.87. The second kappa shape index (κ2) is 6.38. The van der Waals surface area contributed by atoms with Crippen molar-refractivity contribution in [3.05, 3.63) is 46.7 Å². The van der Waals surface area contributed by atoms with E-state index in [9.17, 15) is 4.79 Å². The summed E-state index contributed by atoms with van der Waals surface area (Å²) in [5.74, 6) is 0.830. The molecule has 0 atom stereocenters. The molecular weight excluding hydrogens is 324 g/mol. The summed E-state index contributed by atoms with van der Waals surface area (Å²) in [6, 6.07) is 8.48. The normalized spacial score (nSPS) is 9.95. The zero-order valence-electron chi connectivity index (χ0n) is 11.0. The van der Waals surface area contributed by atoms with Crippen LogP contribution in [0.4, 0.5) is 5.69 Å². The third-order valence-corrected chi connectivity index (χ3v) is 3.28. The van der Waals surface area contributed by atoms with Crippen LogP contribution in [-0.4, -0.2) is 25.1 Å². The summed E-state index contributed by atoms with van der Waals surface area (Å²) < 4.78 is 10.9. The molecule has 2 aromatic rings. The van der Waals surface area contributed by atoms with Gasteiger partial charge in [-0.3, -0.25) is 4.79 Å². The molecule has 104 valence electrons. The quantitative estimate of drug-likeness (QED) is 0.871. The van der Waals surface area contributed by atoms with Gasteiger partial charge in [0, 0.05) is 11.8 Å². The maximum Gasteiger partial charge on any atom is 0.255 e. The molecule has 0 saturated heterocycles. The molecule has 1 amide bonds. The van der Waals surface area contributed by atoms with Gasteiger partial charge >= 0.3 is 0 Å². The van der Waals surface area contributed by atoms with Crippen LogP contribution in [-0.2, 0) is 0 Å². The Morgan fingerprint density at radius 2 is 1.95 bits per heavy atom. The number of nitrogens with zero attached hydrogens (tertiary/aromatic N) is 1. The number of anilines is 1. The Bertz CT molecular complexity index is 632. The highest BCUT2D eigenvalue weighted by Gasteiger charge is 2.12. The second-order valence-corrected chi connectivity index (χ2v) is 4.62. The highest BCUT2D eigenvalue weighted by Crippen LogP contribution is 2.28. The van der Waals surface area contributed by atoms with Crippen molar-refractivity contribution in [1.82, 2.24) is 4.98 Å². The number of rotatable bonds is 4. The molecule has 20 heavy (non-hydrogen) atoms. The lowest BCUT2D eigenvalue weighted by molar-refractivity contribution is 0.102. The third-order valence-electron chi connectivity index (χ3n) is 2.65. The predicted octanol–water partition coefficient (Wildman–Crippen LogP) is 3.11. The maximum atomic E-state index is 12.2. The van der Waals surface area contributed by atoms with Gasteiger partial charge in [0.15, 0.2) is 11.5 Å². The topological polar surface area (TPSA) is 60.5 Å². The maximum absolute atomic E-state index is 12.2. The number of hydrogen-bond donors (Lipinski definition) is 1. The number of pyridine rings is 1. The molecule has 0 bridgehead atoms. The van der Waals surface area contributed by atoms with Gasteiger partial charge in [-0.15, -0.1) is 0 Å². The zero-order valence-corrected chi connectivity index (χ0v) is 12.6. The minimum Gasteiger partial charge on any atom is -0.493 e. The standard InChI is InChI=1S/C14H13BrN2O3/c1-19-11-6-5-9(8-12(11)20-2)14(18)17-10-4-3-7-16-13(10)15/h3-8H,1-2H3,(H,17,18). The zero-order chi connectivity index (χ0) is 14.5. The van der Waals surface area contributed by atoms with Crippen LogP contribution in [0.1, 0.15) is 10.4 Å². The number of ether oxygens (including phenoxy) is 2. The van der Waals surface area contributed by atoms with E-state index in [2.05, 4.69) is 26.2 Å². The highest BCUT2D eigenvalue weighted by molar-refractivity contribution is 9.10. The van der Waals surface area contributed by atoms with Crippen LogP contribution in [0, 0.1) is 0 Å². The molecule has 6 heteroatoms. The van der Waals surface area contributed by atoms with Crippen LogP contribution in [0.15, 0.2) is 41.1 Å². The van der Waals surface area contributed by atoms with Crippen LogP contribution in [0.2, 0.25) is 0 Å². The number of aromatic nitrogens is 1. The van der Waals surface area contributed by atoms with Gasteiger partial charge in [0.05, 0.1) is 19.9 Å². The summed E-state index contributed by atoms with van der Waals surface area (Å²) in [6.07, 6.45) is 1.64. The first-order valence-corrected chi connectivity index (χ1v) is 6.59. The molecule has 0 unspecified atom stereocenters. The predicted molar refractivity (Wildman–Crippen MR) is 79.4 cm³/mol. The fraction of sp³-hybridized carbons (Fsp3) is 0.143. The van der Waals surface area contributed by atoms with Crippen molar-refractivity contribution in [2.45, 2.75) is 0 Å². The average Bonchev–Trinajstić information content (AvgIpc) is 2.48. The molecule has 0 spiro atoms. The Morgan fingerprint density at radius 3 is 2.60 bits per heavy atom. The molecule has 0 aliphatic carbocycles. The van der Waals surface area contributed by atoms with E-state index in [1.165, 1.54) is 7.11 Å². The molecule has 1 aromatic heterocycles. The number of carbonyl (C=O) groups is 1. The molecule has 0 aliphatic rings. The number of halogens is 1. The molecule has 5 nitrogen and oxygen atoms in total. The van der Waals surface area contributed by atoms with Crippen LogP contribution in [0.3, 0.4) is 0 Å². The molecule has 1 heterocycles. The Kier molecular flexibility index (Phi) is 4.57. The van der Waals surface area contributed by atoms with Gasteiger partial charge in [-0.1, -0.05) is 0 Å². The number of benzene rings is 1. The molecule has 1 aromatic carbocycles. The first-order valence-electron chi connectivity index (χ1n) is 5.79. The van der Waals surface area contributed by atoms with E-state index in [0.717, 1.165) is 0 Å². The van der Waals surface area contributed by atoms with Crippen molar-refractivity contribution in [2.75, 3.05) is 19.5 Å². The summed E-state index contributed by atoms with van der Waals surface area (Å²) in [6.45, 7) is 0. The Balaban J connectivity index is 2.24. The van der Waals surface area contributed by atoms with Gasteiger partial charge in [-0.05, 0) is 46.3 Å². The van der Waals surface area contributed by atoms with E-state index in [1.54, 1.807) is 43.6 Å². The molecule has 2 rings (SSSR count). The Hall–Kier alpha value is -2.08. The minimum absolute atomic E-state index is 0.250. The van der Waals surface area contributed by atoms with Crippen LogP contribution < -0.4 is 14.8 Å². The first-order chi connectivity index (χ1) is 9.65. The van der Waals surface area contributed by atoms with E-state index in [1.807, 2.05) is 0 Å². The Morgan fingerprint density at radius 1 is 1.20 bits per heavy atom. The summed E-state index contributed by atoms with van der Waals surface area (Å²) in [5.41, 5.74) is 1.07. The SMILES string of the molecule is COc1ccc(C(=O)Nc2cccnc2Br)cc1OC. The van der Waals surface area contributed by atoms with E-state index in [0.29, 0.717) is 27.4 Å². The summed E-state index contributed by atoms with van der Waals surface area (Å²) in [4.78, 5) is 16.2. The van der Waals surface area contributed by atoms with Crippen molar-refractivity contribution in [3.63, 3.8) is 0 Å². The van der Waals surface area contributed by atoms with Crippen LogP contribution in [0.5, 0.6) is 11.5 Å². The number of carbonyl (C=O) groups excluding carboxylic acids is 1. The van der Waals surface area contributed by atoms with Gasteiger partial charge in [0.25, 0.3) is 5.91 Å². The number of methoxy groups -OCH3 is 2. The van der Waals surface area contributed by atoms with Gasteiger partial charge < -0.3 is 14.8 Å². The number of amides is 1. The smallest absolute Gasteiger partial charge is 0.255 e. The van der Waals surface area contributed by atoms with Crippen LogP contribution >= 0.6 is 15.9 Å². The number of hydrogen-bond acceptors (Lipinski definition) is 4. The van der Waals surface area contributed by atoms with Gasteiger partial charge in [0.2, 0.25) is 0 Å². The van der Waals surface area contributed by atoms with E-state index >= 15 is 0 Å². The van der Waals surface area contributed by atoms with Crippen molar-refractivity contribution in [3.8, 4) is 11.5 Å². The molecule has 0 aliphatic heterocycles. The fourth-order valence-electron chi connectivity index (χ4n) is 1.65. The summed E-state index contributed by atoms with van der Waals surface area (Å²) >= 11 is 3.28. The molecule has 0 radical (unpaired) electrons. The van der Waals surface area contributed by atoms with Crippen molar-refractivity contribution in [2.24, 2.45) is 0 Å². The van der Waals surface area contributed by atoms with E-state index in [-0.39, 0.29) is 5.91 Å². The lowest BCUT2D eigenvalue weighted by Crippen LogP contribution is -2.12. The first kappa shape index (κ1) is 14.3. The molecular formula is C14H13BrN2O3. The van der Waals surface area contributed by atoms with Crippen molar-refractivity contribution in [1.29, 1.82) is 0 Å².